The molecule has 0 saturated carbocycles. The van der Waals surface area contributed by atoms with Crippen molar-refractivity contribution in [2.75, 3.05) is 13.7 Å². The molecule has 0 amide bonds. The molecule has 2 aliphatic heterocycles. The van der Waals surface area contributed by atoms with Gasteiger partial charge in [-0.05, 0) is 42.9 Å². The molecular formula is C17H23FN2O2. The number of hydrogen-bond donors (Lipinski definition) is 1. The Morgan fingerprint density at radius 3 is 2.73 bits per heavy atom. The van der Waals surface area contributed by atoms with E-state index in [4.69, 9.17) is 4.84 Å². The zero-order chi connectivity index (χ0) is 15.7. The molecule has 22 heavy (non-hydrogen) atoms. The van der Waals surface area contributed by atoms with Crippen LogP contribution in [0.15, 0.2) is 29.4 Å². The van der Waals surface area contributed by atoms with E-state index in [0.29, 0.717) is 5.92 Å². The fourth-order valence-corrected chi connectivity index (χ4v) is 4.01. The van der Waals surface area contributed by atoms with E-state index < -0.39 is 6.23 Å². The molecule has 1 N–H and O–H groups in total. The van der Waals surface area contributed by atoms with Crippen molar-refractivity contribution in [3.05, 3.63) is 35.6 Å². The first kappa shape index (κ1) is 15.4. The van der Waals surface area contributed by atoms with Crippen molar-refractivity contribution in [3.63, 3.8) is 0 Å². The summed E-state index contributed by atoms with van der Waals surface area (Å²) in [7, 11) is 1.55. The highest BCUT2D eigenvalue weighted by Gasteiger charge is 2.47. The van der Waals surface area contributed by atoms with Gasteiger partial charge in [0.05, 0.1) is 11.8 Å². The van der Waals surface area contributed by atoms with Crippen molar-refractivity contribution in [2.24, 2.45) is 11.1 Å². The normalized spacial score (nSPS) is 34.7. The third-order valence-corrected chi connectivity index (χ3v) is 4.93. The standard InChI is InChI=1S/C17H23FN2O2/c1-3-15(19-22-2)17-14(12-4-6-13(18)7-5-12)8-11-9-16(21)20(17)10-11/h4-7,11,14,16-17,21H,3,8-10H2,1-2H3/t11?,14-,16?,17+/m0/s1. The molecule has 0 radical (unpaired) electrons. The van der Waals surface area contributed by atoms with Gasteiger partial charge in [0.1, 0.15) is 19.2 Å². The van der Waals surface area contributed by atoms with Crippen LogP contribution >= 0.6 is 0 Å². The summed E-state index contributed by atoms with van der Waals surface area (Å²) < 4.78 is 13.2. The number of hydrogen-bond acceptors (Lipinski definition) is 4. The second-order valence-electron chi connectivity index (χ2n) is 6.24. The van der Waals surface area contributed by atoms with Crippen LogP contribution < -0.4 is 0 Å². The number of benzene rings is 1. The lowest BCUT2D eigenvalue weighted by Gasteiger charge is -2.40. The van der Waals surface area contributed by atoms with E-state index in [1.807, 2.05) is 19.1 Å². The van der Waals surface area contributed by atoms with Gasteiger partial charge in [-0.1, -0.05) is 24.2 Å². The van der Waals surface area contributed by atoms with Crippen molar-refractivity contribution in [2.45, 2.75) is 44.4 Å². The molecule has 120 valence electrons. The first-order valence-electron chi connectivity index (χ1n) is 7.93. The van der Waals surface area contributed by atoms with E-state index in [2.05, 4.69) is 10.1 Å². The second kappa shape index (κ2) is 6.34. The lowest BCUT2D eigenvalue weighted by molar-refractivity contribution is 0.0159. The molecule has 5 atom stereocenters. The van der Waals surface area contributed by atoms with Gasteiger partial charge in [-0.3, -0.25) is 4.90 Å². The summed E-state index contributed by atoms with van der Waals surface area (Å²) in [4.78, 5) is 7.14. The molecule has 2 bridgehead atoms. The van der Waals surface area contributed by atoms with Crippen LogP contribution in [-0.2, 0) is 4.84 Å². The Morgan fingerprint density at radius 1 is 1.36 bits per heavy atom. The molecule has 0 aromatic heterocycles. The molecule has 0 aliphatic carbocycles. The Labute approximate surface area is 130 Å². The highest BCUT2D eigenvalue weighted by molar-refractivity contribution is 5.90. The maximum atomic E-state index is 13.2. The van der Waals surface area contributed by atoms with Gasteiger partial charge in [0.15, 0.2) is 0 Å². The summed E-state index contributed by atoms with van der Waals surface area (Å²) in [6, 6.07) is 6.74. The van der Waals surface area contributed by atoms with E-state index >= 15 is 0 Å². The summed E-state index contributed by atoms with van der Waals surface area (Å²) in [6.45, 7) is 2.94. The summed E-state index contributed by atoms with van der Waals surface area (Å²) in [6.07, 6.45) is 2.14. The maximum Gasteiger partial charge on any atom is 0.123 e. The van der Waals surface area contributed by atoms with Gasteiger partial charge >= 0.3 is 0 Å². The van der Waals surface area contributed by atoms with Crippen LogP contribution in [0.1, 0.15) is 37.7 Å². The number of oxime groups is 1. The van der Waals surface area contributed by atoms with Crippen LogP contribution in [0.3, 0.4) is 0 Å². The fraction of sp³-hybridized carbons (Fsp3) is 0.588. The van der Waals surface area contributed by atoms with Crippen molar-refractivity contribution in [1.29, 1.82) is 0 Å². The van der Waals surface area contributed by atoms with Crippen LogP contribution in [0.5, 0.6) is 0 Å². The van der Waals surface area contributed by atoms with Gasteiger partial charge in [0.2, 0.25) is 0 Å². The molecule has 5 heteroatoms. The number of piperidine rings is 1. The first-order chi connectivity index (χ1) is 10.6. The van der Waals surface area contributed by atoms with Crippen LogP contribution in [0.2, 0.25) is 0 Å². The molecule has 0 spiro atoms. The molecule has 2 aliphatic rings. The minimum Gasteiger partial charge on any atom is -0.399 e. The molecule has 3 rings (SSSR count). The summed E-state index contributed by atoms with van der Waals surface area (Å²) in [5, 5.41) is 14.6. The van der Waals surface area contributed by atoms with E-state index in [1.54, 1.807) is 7.11 Å². The van der Waals surface area contributed by atoms with Crippen LogP contribution in [0, 0.1) is 11.7 Å². The van der Waals surface area contributed by atoms with Gasteiger partial charge in [-0.15, -0.1) is 0 Å². The molecular weight excluding hydrogens is 283 g/mol. The van der Waals surface area contributed by atoms with E-state index in [-0.39, 0.29) is 17.8 Å². The quantitative estimate of drug-likeness (QED) is 0.687. The summed E-state index contributed by atoms with van der Waals surface area (Å²) in [5.41, 5.74) is 2.05. The van der Waals surface area contributed by atoms with Gasteiger partial charge in [0, 0.05) is 12.5 Å². The Bertz CT molecular complexity index is 546. The van der Waals surface area contributed by atoms with Crippen LogP contribution in [-0.4, -0.2) is 41.6 Å². The highest BCUT2D eigenvalue weighted by atomic mass is 19.1. The van der Waals surface area contributed by atoms with Crippen molar-refractivity contribution in [3.8, 4) is 0 Å². The summed E-state index contributed by atoms with van der Waals surface area (Å²) in [5.74, 6) is 0.480. The van der Waals surface area contributed by atoms with Gasteiger partial charge in [-0.25, -0.2) is 4.39 Å². The zero-order valence-corrected chi connectivity index (χ0v) is 13.1. The average molecular weight is 306 g/mol. The van der Waals surface area contributed by atoms with Crippen molar-refractivity contribution < 1.29 is 14.3 Å². The molecule has 4 nitrogen and oxygen atoms in total. The van der Waals surface area contributed by atoms with Crippen molar-refractivity contribution >= 4 is 5.71 Å². The SMILES string of the molecule is CCC(=NOC)[C@H]1[C@H](c2ccc(F)cc2)CC2CC(O)[N@@]1C2. The monoisotopic (exact) mass is 306 g/mol. The first-order valence-corrected chi connectivity index (χ1v) is 7.93. The number of rotatable bonds is 4. The number of aliphatic hydroxyl groups excluding tert-OH is 1. The van der Waals surface area contributed by atoms with Gasteiger partial charge < -0.3 is 9.94 Å². The van der Waals surface area contributed by atoms with E-state index in [1.165, 1.54) is 12.1 Å². The molecule has 2 saturated heterocycles. The van der Waals surface area contributed by atoms with Crippen molar-refractivity contribution in [1.82, 2.24) is 4.90 Å². The van der Waals surface area contributed by atoms with Gasteiger partial charge in [-0.2, -0.15) is 0 Å². The smallest absolute Gasteiger partial charge is 0.123 e. The molecule has 1 aromatic carbocycles. The lowest BCUT2D eigenvalue weighted by atomic mass is 9.78. The largest absolute Gasteiger partial charge is 0.399 e. The van der Waals surface area contributed by atoms with E-state index in [0.717, 1.165) is 37.1 Å². The molecule has 1 aromatic rings. The molecule has 2 heterocycles. The predicted molar refractivity (Wildman–Crippen MR) is 83.1 cm³/mol. The average Bonchev–Trinajstić information content (AvgIpc) is 2.81. The molecule has 2 fully saturated rings. The topological polar surface area (TPSA) is 45.1 Å². The Kier molecular flexibility index (Phi) is 4.45. The predicted octanol–water partition coefficient (Wildman–Crippen LogP) is 2.73. The maximum absolute atomic E-state index is 13.2. The number of fused-ring (bicyclic) bond motifs is 2. The number of nitrogens with zero attached hydrogens (tertiary/aromatic N) is 2. The minimum atomic E-state index is -0.422. The fourth-order valence-electron chi connectivity index (χ4n) is 4.01. The third kappa shape index (κ3) is 2.75. The Balaban J connectivity index is 1.98. The zero-order valence-electron chi connectivity index (χ0n) is 13.1. The lowest BCUT2D eigenvalue weighted by Crippen LogP contribution is -2.50. The third-order valence-electron chi connectivity index (χ3n) is 4.93. The molecule has 2 unspecified atom stereocenters. The number of aliphatic hydroxyl groups is 1. The van der Waals surface area contributed by atoms with Gasteiger partial charge in [0.25, 0.3) is 0 Å². The highest BCUT2D eigenvalue weighted by Crippen LogP contribution is 2.43. The number of halogens is 1. The Hall–Kier alpha value is -1.46. The summed E-state index contributed by atoms with van der Waals surface area (Å²) >= 11 is 0. The van der Waals surface area contributed by atoms with E-state index in [9.17, 15) is 9.50 Å². The minimum absolute atomic E-state index is 0.0177. The van der Waals surface area contributed by atoms with Crippen LogP contribution in [0.4, 0.5) is 4.39 Å². The Morgan fingerprint density at radius 2 is 2.09 bits per heavy atom. The van der Waals surface area contributed by atoms with Crippen LogP contribution in [0.25, 0.3) is 0 Å². The second-order valence-corrected chi connectivity index (χ2v) is 6.24.